The molecular formula is C15H20N2O2S2. The second-order valence-corrected chi connectivity index (χ2v) is 6.61. The first-order valence-electron chi connectivity index (χ1n) is 7.17. The highest BCUT2D eigenvalue weighted by atomic mass is 32.1. The molecule has 6 heteroatoms. The number of aromatic nitrogens is 1. The third kappa shape index (κ3) is 4.82. The van der Waals surface area contributed by atoms with Crippen LogP contribution in [-0.2, 0) is 4.79 Å². The van der Waals surface area contributed by atoms with Crippen molar-refractivity contribution in [2.75, 3.05) is 18.0 Å². The lowest BCUT2D eigenvalue weighted by atomic mass is 10.2. The minimum absolute atomic E-state index is 0.153. The van der Waals surface area contributed by atoms with Gasteiger partial charge in [0.05, 0.1) is 17.0 Å². The molecule has 114 valence electrons. The molecular weight excluding hydrogens is 304 g/mol. The molecule has 0 atom stereocenters. The number of rotatable bonds is 9. The summed E-state index contributed by atoms with van der Waals surface area (Å²) in [6.45, 7) is 3.56. The van der Waals surface area contributed by atoms with Gasteiger partial charge in [0.1, 0.15) is 0 Å². The van der Waals surface area contributed by atoms with Gasteiger partial charge in [-0.25, -0.2) is 4.98 Å². The van der Waals surface area contributed by atoms with Crippen LogP contribution in [0.15, 0.2) is 22.9 Å². The van der Waals surface area contributed by atoms with Gasteiger partial charge in [0.2, 0.25) is 0 Å². The summed E-state index contributed by atoms with van der Waals surface area (Å²) in [5.74, 6) is -0.759. The van der Waals surface area contributed by atoms with E-state index in [0.29, 0.717) is 6.54 Å². The van der Waals surface area contributed by atoms with Crippen molar-refractivity contribution in [2.45, 2.75) is 32.6 Å². The highest BCUT2D eigenvalue weighted by molar-refractivity contribution is 7.16. The molecule has 21 heavy (non-hydrogen) atoms. The molecule has 0 amide bonds. The van der Waals surface area contributed by atoms with Crippen LogP contribution in [0.3, 0.4) is 0 Å². The first-order chi connectivity index (χ1) is 10.2. The van der Waals surface area contributed by atoms with E-state index in [1.165, 1.54) is 0 Å². The maximum Gasteiger partial charge on any atom is 0.305 e. The molecule has 0 radical (unpaired) electrons. The van der Waals surface area contributed by atoms with Crippen LogP contribution in [0.5, 0.6) is 0 Å². The number of anilines is 1. The SMILES string of the molecule is CCCCCN(CCC(=O)O)c1nc(-c2cccs2)cs1. The van der Waals surface area contributed by atoms with Gasteiger partial charge < -0.3 is 10.0 Å². The highest BCUT2D eigenvalue weighted by Gasteiger charge is 2.13. The molecule has 0 aliphatic rings. The number of thiophene rings is 1. The number of unbranched alkanes of at least 4 members (excludes halogenated alkanes) is 2. The average Bonchev–Trinajstić information content (AvgIpc) is 3.12. The summed E-state index contributed by atoms with van der Waals surface area (Å²) in [5, 5.41) is 13.9. The maximum atomic E-state index is 10.8. The van der Waals surface area contributed by atoms with Gasteiger partial charge in [-0.05, 0) is 17.9 Å². The average molecular weight is 324 g/mol. The molecule has 0 fully saturated rings. The summed E-state index contributed by atoms with van der Waals surface area (Å²) in [7, 11) is 0. The summed E-state index contributed by atoms with van der Waals surface area (Å²) in [4.78, 5) is 18.7. The van der Waals surface area contributed by atoms with Crippen molar-refractivity contribution < 1.29 is 9.90 Å². The molecule has 2 rings (SSSR count). The Bertz CT molecular complexity index is 552. The standard InChI is InChI=1S/C15H20N2O2S2/c1-2-3-4-8-17(9-7-14(18)19)15-16-12(11-21-15)13-6-5-10-20-13/h5-6,10-11H,2-4,7-9H2,1H3,(H,18,19). The van der Waals surface area contributed by atoms with Gasteiger partial charge in [0, 0.05) is 18.5 Å². The molecule has 0 saturated carbocycles. The second-order valence-electron chi connectivity index (χ2n) is 4.83. The Labute approximate surface area is 133 Å². The van der Waals surface area contributed by atoms with Crippen molar-refractivity contribution in [1.29, 1.82) is 0 Å². The fourth-order valence-electron chi connectivity index (χ4n) is 2.03. The topological polar surface area (TPSA) is 53.4 Å². The number of hydrogen-bond donors (Lipinski definition) is 1. The van der Waals surface area contributed by atoms with Crippen LogP contribution in [0.25, 0.3) is 10.6 Å². The molecule has 0 aromatic carbocycles. The first kappa shape index (κ1) is 16.0. The molecule has 0 saturated heterocycles. The number of carbonyl (C=O) groups is 1. The summed E-state index contributed by atoms with van der Waals surface area (Å²) < 4.78 is 0. The molecule has 0 aliphatic carbocycles. The van der Waals surface area contributed by atoms with E-state index in [2.05, 4.69) is 28.3 Å². The number of aliphatic carboxylic acids is 1. The normalized spacial score (nSPS) is 10.7. The lowest BCUT2D eigenvalue weighted by molar-refractivity contribution is -0.136. The van der Waals surface area contributed by atoms with Crippen molar-refractivity contribution in [1.82, 2.24) is 4.98 Å². The van der Waals surface area contributed by atoms with Gasteiger partial charge in [-0.15, -0.1) is 22.7 Å². The Morgan fingerprint density at radius 2 is 2.19 bits per heavy atom. The summed E-state index contributed by atoms with van der Waals surface area (Å²) >= 11 is 3.27. The van der Waals surface area contributed by atoms with Crippen LogP contribution in [0, 0.1) is 0 Å². The molecule has 4 nitrogen and oxygen atoms in total. The van der Waals surface area contributed by atoms with Gasteiger partial charge in [-0.2, -0.15) is 0 Å². The van der Waals surface area contributed by atoms with Gasteiger partial charge in [0.25, 0.3) is 0 Å². The van der Waals surface area contributed by atoms with E-state index in [0.717, 1.165) is 41.5 Å². The van der Waals surface area contributed by atoms with Gasteiger partial charge in [-0.1, -0.05) is 25.8 Å². The Kier molecular flexibility index (Phi) is 6.20. The number of carboxylic acid groups (broad SMARTS) is 1. The lowest BCUT2D eigenvalue weighted by Gasteiger charge is -2.20. The molecule has 2 aromatic heterocycles. The fraction of sp³-hybridized carbons (Fsp3) is 0.467. The van der Waals surface area contributed by atoms with E-state index >= 15 is 0 Å². The number of carboxylic acids is 1. The van der Waals surface area contributed by atoms with Crippen LogP contribution in [-0.4, -0.2) is 29.1 Å². The van der Waals surface area contributed by atoms with Crippen LogP contribution < -0.4 is 4.90 Å². The monoisotopic (exact) mass is 324 g/mol. The zero-order valence-corrected chi connectivity index (χ0v) is 13.8. The van der Waals surface area contributed by atoms with Gasteiger partial charge in [-0.3, -0.25) is 4.79 Å². The van der Waals surface area contributed by atoms with E-state index in [-0.39, 0.29) is 6.42 Å². The lowest BCUT2D eigenvalue weighted by Crippen LogP contribution is -2.27. The molecule has 1 N–H and O–H groups in total. The third-order valence-electron chi connectivity index (χ3n) is 3.16. The summed E-state index contributed by atoms with van der Waals surface area (Å²) in [5.41, 5.74) is 0.987. The fourth-order valence-corrected chi connectivity index (χ4v) is 3.67. The quantitative estimate of drug-likeness (QED) is 0.697. The minimum Gasteiger partial charge on any atom is -0.481 e. The Morgan fingerprint density at radius 3 is 2.86 bits per heavy atom. The molecule has 2 aromatic rings. The number of hydrogen-bond acceptors (Lipinski definition) is 5. The van der Waals surface area contributed by atoms with Crippen LogP contribution in [0.4, 0.5) is 5.13 Å². The zero-order valence-electron chi connectivity index (χ0n) is 12.1. The zero-order chi connectivity index (χ0) is 15.1. The van der Waals surface area contributed by atoms with Crippen molar-refractivity contribution >= 4 is 33.8 Å². The molecule has 0 unspecified atom stereocenters. The van der Waals surface area contributed by atoms with Gasteiger partial charge >= 0.3 is 5.97 Å². The highest BCUT2D eigenvalue weighted by Crippen LogP contribution is 2.30. The summed E-state index contributed by atoms with van der Waals surface area (Å²) in [6, 6.07) is 4.07. The summed E-state index contributed by atoms with van der Waals surface area (Å²) in [6.07, 6.45) is 3.54. The molecule has 0 aliphatic heterocycles. The van der Waals surface area contributed by atoms with Crippen molar-refractivity contribution in [3.63, 3.8) is 0 Å². The maximum absolute atomic E-state index is 10.8. The predicted octanol–water partition coefficient (Wildman–Crippen LogP) is 4.34. The Balaban J connectivity index is 2.06. The minimum atomic E-state index is -0.759. The Morgan fingerprint density at radius 1 is 1.33 bits per heavy atom. The molecule has 2 heterocycles. The number of nitrogens with zero attached hydrogens (tertiary/aromatic N) is 2. The largest absolute Gasteiger partial charge is 0.481 e. The van der Waals surface area contributed by atoms with E-state index in [1.807, 2.05) is 11.4 Å². The first-order valence-corrected chi connectivity index (χ1v) is 8.92. The van der Waals surface area contributed by atoms with Crippen LogP contribution in [0.2, 0.25) is 0 Å². The van der Waals surface area contributed by atoms with Crippen LogP contribution in [0.1, 0.15) is 32.6 Å². The predicted molar refractivity (Wildman–Crippen MR) is 89.4 cm³/mol. The number of thiazole rings is 1. The van der Waals surface area contributed by atoms with E-state index in [1.54, 1.807) is 22.7 Å². The van der Waals surface area contributed by atoms with Crippen molar-refractivity contribution in [2.24, 2.45) is 0 Å². The molecule has 0 spiro atoms. The smallest absolute Gasteiger partial charge is 0.305 e. The van der Waals surface area contributed by atoms with Crippen molar-refractivity contribution in [3.05, 3.63) is 22.9 Å². The second kappa shape index (κ2) is 8.14. The third-order valence-corrected chi connectivity index (χ3v) is 4.96. The van der Waals surface area contributed by atoms with E-state index in [4.69, 9.17) is 5.11 Å². The molecule has 0 bridgehead atoms. The van der Waals surface area contributed by atoms with E-state index in [9.17, 15) is 4.79 Å². The van der Waals surface area contributed by atoms with Crippen molar-refractivity contribution in [3.8, 4) is 10.6 Å². The van der Waals surface area contributed by atoms with Gasteiger partial charge in [0.15, 0.2) is 5.13 Å². The van der Waals surface area contributed by atoms with E-state index < -0.39 is 5.97 Å². The Hall–Kier alpha value is -1.40. The van der Waals surface area contributed by atoms with Crippen LogP contribution >= 0.6 is 22.7 Å².